The number of thioether (sulfide) groups is 1. The maximum atomic E-state index is 13.0. The first-order valence-corrected chi connectivity index (χ1v) is 12.6. The Morgan fingerprint density at radius 1 is 1.24 bits per heavy atom. The topological polar surface area (TPSA) is 122 Å². The molecule has 0 spiro atoms. The molecule has 1 aliphatic rings. The Morgan fingerprint density at radius 3 is 2.48 bits per heavy atom. The lowest BCUT2D eigenvalue weighted by molar-refractivity contribution is -0.129. The van der Waals surface area contributed by atoms with Gasteiger partial charge in [0, 0.05) is 26.2 Å². The van der Waals surface area contributed by atoms with Crippen LogP contribution in [0.25, 0.3) is 0 Å². The highest BCUT2D eigenvalue weighted by molar-refractivity contribution is 7.98. The van der Waals surface area contributed by atoms with Crippen molar-refractivity contribution in [3.05, 3.63) is 35.9 Å². The number of amides is 2. The Bertz CT molecular complexity index is 768. The highest BCUT2D eigenvalue weighted by Crippen LogP contribution is 2.16. The van der Waals surface area contributed by atoms with Gasteiger partial charge >= 0.3 is 0 Å². The maximum Gasteiger partial charge on any atom is 0.240 e. The van der Waals surface area contributed by atoms with Crippen molar-refractivity contribution in [2.24, 2.45) is 11.7 Å². The summed E-state index contributed by atoms with van der Waals surface area (Å²) in [4.78, 5) is 24.7. The molecule has 1 aromatic rings. The molecule has 1 unspecified atom stereocenters. The second kappa shape index (κ2) is 11.5. The quantitative estimate of drug-likeness (QED) is 0.436. The van der Waals surface area contributed by atoms with Gasteiger partial charge in [0.15, 0.2) is 0 Å². The predicted molar refractivity (Wildman–Crippen MR) is 116 cm³/mol. The Morgan fingerprint density at radius 2 is 1.90 bits per heavy atom. The van der Waals surface area contributed by atoms with Crippen molar-refractivity contribution in [2.45, 2.75) is 18.9 Å². The van der Waals surface area contributed by atoms with Crippen molar-refractivity contribution in [3.8, 4) is 0 Å². The van der Waals surface area contributed by atoms with Crippen LogP contribution in [0.3, 0.4) is 0 Å². The Balaban J connectivity index is 2.17. The minimum atomic E-state index is -3.61. The second-order valence-electron chi connectivity index (χ2n) is 7.06. The summed E-state index contributed by atoms with van der Waals surface area (Å²) < 4.78 is 27.2. The van der Waals surface area contributed by atoms with E-state index in [0.717, 1.165) is 5.56 Å². The standard InChI is InChI=1S/C19H30N4O4S2/c1-28-12-7-17(18(20)24)22-19(25)16(13-15-5-3-2-4-6-15)14-29(26,27)23-10-8-21-9-11-23/h2-6,16-17,21H,7-14H2,1H3,(H2,20,24)(H,22,25)/t16?,17-/m0/s1. The predicted octanol–water partition coefficient (Wildman–Crippen LogP) is -0.196. The summed E-state index contributed by atoms with van der Waals surface area (Å²) in [6.07, 6.45) is 2.58. The summed E-state index contributed by atoms with van der Waals surface area (Å²) in [7, 11) is -3.61. The van der Waals surface area contributed by atoms with E-state index in [9.17, 15) is 18.0 Å². The molecule has 0 aromatic heterocycles. The van der Waals surface area contributed by atoms with E-state index in [4.69, 9.17) is 5.73 Å². The number of benzene rings is 1. The average molecular weight is 443 g/mol. The molecule has 2 amide bonds. The number of nitrogens with one attached hydrogen (secondary N) is 2. The maximum absolute atomic E-state index is 13.0. The lowest BCUT2D eigenvalue weighted by atomic mass is 9.99. The smallest absolute Gasteiger partial charge is 0.240 e. The highest BCUT2D eigenvalue weighted by atomic mass is 32.2. The SMILES string of the molecule is CSCC[C@H](NC(=O)C(Cc1ccccc1)CS(=O)(=O)N1CCNCC1)C(N)=O. The Labute approximate surface area is 177 Å². The van der Waals surface area contributed by atoms with Crippen LogP contribution in [-0.2, 0) is 26.0 Å². The van der Waals surface area contributed by atoms with Crippen LogP contribution >= 0.6 is 11.8 Å². The van der Waals surface area contributed by atoms with Crippen molar-refractivity contribution in [2.75, 3.05) is 43.9 Å². The van der Waals surface area contributed by atoms with Gasteiger partial charge in [0.05, 0.1) is 11.7 Å². The van der Waals surface area contributed by atoms with Gasteiger partial charge in [-0.1, -0.05) is 30.3 Å². The van der Waals surface area contributed by atoms with Crippen LogP contribution in [0, 0.1) is 5.92 Å². The van der Waals surface area contributed by atoms with Crippen molar-refractivity contribution in [3.63, 3.8) is 0 Å². The third kappa shape index (κ3) is 7.61. The number of primary amides is 1. The highest BCUT2D eigenvalue weighted by Gasteiger charge is 2.32. The fourth-order valence-corrected chi connectivity index (χ4v) is 5.42. The first-order chi connectivity index (χ1) is 13.8. The van der Waals surface area contributed by atoms with E-state index in [-0.39, 0.29) is 12.2 Å². The molecule has 1 aromatic carbocycles. The summed E-state index contributed by atoms with van der Waals surface area (Å²) >= 11 is 1.55. The van der Waals surface area contributed by atoms with Crippen molar-refractivity contribution in [1.29, 1.82) is 0 Å². The Hall–Kier alpha value is -1.62. The molecule has 10 heteroatoms. The zero-order chi connectivity index (χ0) is 21.3. The van der Waals surface area contributed by atoms with Crippen LogP contribution in [0.15, 0.2) is 30.3 Å². The van der Waals surface area contributed by atoms with Crippen LogP contribution in [0.4, 0.5) is 0 Å². The molecular weight excluding hydrogens is 412 g/mol. The molecule has 4 N–H and O–H groups in total. The summed E-state index contributed by atoms with van der Waals surface area (Å²) in [6.45, 7) is 1.96. The fourth-order valence-electron chi connectivity index (χ4n) is 3.22. The molecule has 1 heterocycles. The van der Waals surface area contributed by atoms with Gasteiger partial charge in [-0.3, -0.25) is 9.59 Å². The van der Waals surface area contributed by atoms with E-state index in [2.05, 4.69) is 10.6 Å². The average Bonchev–Trinajstić information content (AvgIpc) is 2.71. The molecule has 1 aliphatic heterocycles. The molecule has 162 valence electrons. The number of sulfonamides is 1. The van der Waals surface area contributed by atoms with E-state index >= 15 is 0 Å². The lowest BCUT2D eigenvalue weighted by Crippen LogP contribution is -2.51. The number of rotatable bonds is 11. The van der Waals surface area contributed by atoms with Gasteiger partial charge in [0.25, 0.3) is 0 Å². The fraction of sp³-hybridized carbons (Fsp3) is 0.579. The van der Waals surface area contributed by atoms with Gasteiger partial charge in [-0.25, -0.2) is 8.42 Å². The van der Waals surface area contributed by atoms with Crippen molar-refractivity contribution < 1.29 is 18.0 Å². The number of hydrogen-bond donors (Lipinski definition) is 3. The number of nitrogens with zero attached hydrogens (tertiary/aromatic N) is 1. The molecule has 29 heavy (non-hydrogen) atoms. The van der Waals surface area contributed by atoms with Gasteiger partial charge in [-0.2, -0.15) is 16.1 Å². The number of piperazine rings is 1. The minimum absolute atomic E-state index is 0.270. The first-order valence-electron chi connectivity index (χ1n) is 9.64. The molecule has 0 bridgehead atoms. The van der Waals surface area contributed by atoms with Crippen LogP contribution in [0.1, 0.15) is 12.0 Å². The van der Waals surface area contributed by atoms with E-state index in [1.54, 1.807) is 11.8 Å². The summed E-state index contributed by atoms with van der Waals surface area (Å²) in [5.74, 6) is -1.53. The van der Waals surface area contributed by atoms with Crippen LogP contribution in [0.2, 0.25) is 0 Å². The van der Waals surface area contributed by atoms with Gasteiger partial charge in [-0.05, 0) is 30.4 Å². The zero-order valence-corrected chi connectivity index (χ0v) is 18.3. The van der Waals surface area contributed by atoms with E-state index in [0.29, 0.717) is 38.4 Å². The normalized spacial score (nSPS) is 17.4. The molecule has 1 saturated heterocycles. The molecule has 8 nitrogen and oxygen atoms in total. The molecular formula is C19H30N4O4S2. The lowest BCUT2D eigenvalue weighted by Gasteiger charge is -2.28. The van der Waals surface area contributed by atoms with E-state index < -0.39 is 33.8 Å². The number of carbonyl (C=O) groups excluding carboxylic acids is 2. The summed E-state index contributed by atoms with van der Waals surface area (Å²) in [5, 5.41) is 5.80. The number of nitrogens with two attached hydrogens (primary N) is 1. The molecule has 1 fully saturated rings. The molecule has 0 saturated carbocycles. The molecule has 0 radical (unpaired) electrons. The van der Waals surface area contributed by atoms with Gasteiger partial charge in [-0.15, -0.1) is 0 Å². The molecule has 2 rings (SSSR count). The Kier molecular flexibility index (Phi) is 9.41. The number of hydrogen-bond acceptors (Lipinski definition) is 6. The largest absolute Gasteiger partial charge is 0.368 e. The van der Waals surface area contributed by atoms with Gasteiger partial charge in [0.1, 0.15) is 6.04 Å². The van der Waals surface area contributed by atoms with Gasteiger partial charge in [0.2, 0.25) is 21.8 Å². The summed E-state index contributed by atoms with van der Waals surface area (Å²) in [6, 6.07) is 8.46. The summed E-state index contributed by atoms with van der Waals surface area (Å²) in [5.41, 5.74) is 6.29. The van der Waals surface area contributed by atoms with Crippen molar-refractivity contribution in [1.82, 2.24) is 14.9 Å². The van der Waals surface area contributed by atoms with Crippen molar-refractivity contribution >= 4 is 33.6 Å². The monoisotopic (exact) mass is 442 g/mol. The number of carbonyl (C=O) groups is 2. The van der Waals surface area contributed by atoms with Crippen LogP contribution in [-0.4, -0.2) is 74.5 Å². The van der Waals surface area contributed by atoms with Crippen LogP contribution in [0.5, 0.6) is 0 Å². The second-order valence-corrected chi connectivity index (χ2v) is 10.1. The van der Waals surface area contributed by atoms with E-state index in [1.165, 1.54) is 4.31 Å². The first kappa shape index (κ1) is 23.7. The third-order valence-electron chi connectivity index (χ3n) is 4.85. The zero-order valence-electron chi connectivity index (χ0n) is 16.7. The van der Waals surface area contributed by atoms with Crippen LogP contribution < -0.4 is 16.4 Å². The third-order valence-corrected chi connectivity index (χ3v) is 7.47. The minimum Gasteiger partial charge on any atom is -0.368 e. The van der Waals surface area contributed by atoms with E-state index in [1.807, 2.05) is 36.6 Å². The molecule has 0 aliphatic carbocycles. The molecule has 2 atom stereocenters. The van der Waals surface area contributed by atoms with Gasteiger partial charge < -0.3 is 16.4 Å².